The third-order valence-corrected chi connectivity index (χ3v) is 2.67. The van der Waals surface area contributed by atoms with Crippen molar-refractivity contribution in [3.63, 3.8) is 0 Å². The number of hydrogen-bond donors (Lipinski definition) is 1. The highest BCUT2D eigenvalue weighted by Gasteiger charge is 2.06. The van der Waals surface area contributed by atoms with E-state index in [1.807, 2.05) is 32.0 Å². The van der Waals surface area contributed by atoms with Gasteiger partial charge in [0.05, 0.1) is 12.1 Å². The maximum atomic E-state index is 9.27. The molecule has 0 aliphatic carbocycles. The second-order valence-electron chi connectivity index (χ2n) is 3.70. The van der Waals surface area contributed by atoms with Gasteiger partial charge < -0.3 is 5.11 Å². The van der Waals surface area contributed by atoms with E-state index in [1.54, 1.807) is 0 Å². The largest absolute Gasteiger partial charge is 0.392 e. The quantitative estimate of drug-likeness (QED) is 0.803. The van der Waals surface area contributed by atoms with Crippen LogP contribution in [0.3, 0.4) is 0 Å². The van der Waals surface area contributed by atoms with E-state index in [-0.39, 0.29) is 6.61 Å². The minimum atomic E-state index is 0.0135. The molecule has 0 aliphatic heterocycles. The summed E-state index contributed by atoms with van der Waals surface area (Å²) < 4.78 is 0. The number of benzene rings is 1. The van der Waals surface area contributed by atoms with E-state index < -0.39 is 0 Å². The van der Waals surface area contributed by atoms with Crippen molar-refractivity contribution in [2.45, 2.75) is 20.5 Å². The van der Waals surface area contributed by atoms with Gasteiger partial charge in [0.1, 0.15) is 0 Å². The summed E-state index contributed by atoms with van der Waals surface area (Å²) >= 11 is 5.98. The van der Waals surface area contributed by atoms with Crippen molar-refractivity contribution < 1.29 is 5.11 Å². The maximum Gasteiger partial charge on any atom is 0.0738 e. The Morgan fingerprint density at radius 2 is 2.00 bits per heavy atom. The van der Waals surface area contributed by atoms with Crippen molar-refractivity contribution in [1.29, 1.82) is 0 Å². The number of rotatable bonds is 1. The van der Waals surface area contributed by atoms with Gasteiger partial charge in [-0.05, 0) is 43.2 Å². The molecule has 1 aromatic carbocycles. The first-order valence-corrected chi connectivity index (χ1v) is 5.17. The van der Waals surface area contributed by atoms with Crippen LogP contribution in [0.25, 0.3) is 10.9 Å². The zero-order valence-electron chi connectivity index (χ0n) is 8.71. The molecule has 15 heavy (non-hydrogen) atoms. The molecule has 0 unspecified atom stereocenters. The molecule has 0 aliphatic rings. The number of aliphatic hydroxyl groups is 1. The van der Waals surface area contributed by atoms with Crippen molar-refractivity contribution in [2.24, 2.45) is 0 Å². The van der Waals surface area contributed by atoms with E-state index in [9.17, 15) is 5.11 Å². The summed E-state index contributed by atoms with van der Waals surface area (Å²) in [4.78, 5) is 4.46. The summed E-state index contributed by atoms with van der Waals surface area (Å²) in [5.74, 6) is 0. The SMILES string of the molecule is Cc1cc(CO)c2cc(Cl)cc(C)c2n1. The number of nitrogens with zero attached hydrogens (tertiary/aromatic N) is 1. The lowest BCUT2D eigenvalue weighted by atomic mass is 10.1. The van der Waals surface area contributed by atoms with Gasteiger partial charge in [-0.15, -0.1) is 0 Å². The number of halogens is 1. The van der Waals surface area contributed by atoms with Gasteiger partial charge in [-0.25, -0.2) is 0 Å². The Balaban J connectivity index is 2.89. The third kappa shape index (κ3) is 1.83. The fraction of sp³-hybridized carbons (Fsp3) is 0.250. The number of aryl methyl sites for hydroxylation is 2. The van der Waals surface area contributed by atoms with Crippen molar-refractivity contribution in [2.75, 3.05) is 0 Å². The van der Waals surface area contributed by atoms with E-state index in [2.05, 4.69) is 4.98 Å². The van der Waals surface area contributed by atoms with Gasteiger partial charge in [-0.1, -0.05) is 11.6 Å². The Labute approximate surface area is 93.5 Å². The lowest BCUT2D eigenvalue weighted by molar-refractivity contribution is 0.283. The molecule has 1 N–H and O–H groups in total. The summed E-state index contributed by atoms with van der Waals surface area (Å²) in [6.45, 7) is 3.91. The first-order chi connectivity index (χ1) is 7.11. The van der Waals surface area contributed by atoms with Crippen LogP contribution in [0, 0.1) is 13.8 Å². The summed E-state index contributed by atoms with van der Waals surface area (Å²) in [5, 5.41) is 10.9. The molecule has 0 saturated carbocycles. The minimum absolute atomic E-state index is 0.0135. The minimum Gasteiger partial charge on any atom is -0.392 e. The number of aromatic nitrogens is 1. The smallest absolute Gasteiger partial charge is 0.0738 e. The van der Waals surface area contributed by atoms with Crippen LogP contribution in [0.5, 0.6) is 0 Å². The molecule has 0 fully saturated rings. The molecule has 1 heterocycles. The highest BCUT2D eigenvalue weighted by Crippen LogP contribution is 2.25. The van der Waals surface area contributed by atoms with E-state index >= 15 is 0 Å². The van der Waals surface area contributed by atoms with Crippen LogP contribution < -0.4 is 0 Å². The first kappa shape index (κ1) is 10.4. The lowest BCUT2D eigenvalue weighted by Crippen LogP contribution is -1.93. The molecular weight excluding hydrogens is 210 g/mol. The molecule has 0 bridgehead atoms. The standard InChI is InChI=1S/C12H12ClNO/c1-7-3-10(13)5-11-9(6-15)4-8(2)14-12(7)11/h3-5,15H,6H2,1-2H3. The molecule has 0 saturated heterocycles. The van der Waals surface area contributed by atoms with Crippen LogP contribution in [0.1, 0.15) is 16.8 Å². The fourth-order valence-corrected chi connectivity index (χ4v) is 2.07. The molecule has 0 atom stereocenters. The number of pyridine rings is 1. The molecule has 3 heteroatoms. The van der Waals surface area contributed by atoms with Crippen molar-refractivity contribution in [3.05, 3.63) is 40.0 Å². The first-order valence-electron chi connectivity index (χ1n) is 4.79. The van der Waals surface area contributed by atoms with Gasteiger partial charge >= 0.3 is 0 Å². The molecule has 2 aromatic rings. The average molecular weight is 222 g/mol. The van der Waals surface area contributed by atoms with Gasteiger partial charge in [0.25, 0.3) is 0 Å². The Hall–Kier alpha value is -1.12. The maximum absolute atomic E-state index is 9.27. The average Bonchev–Trinajstić information content (AvgIpc) is 2.18. The predicted octanol–water partition coefficient (Wildman–Crippen LogP) is 3.00. The molecule has 2 nitrogen and oxygen atoms in total. The van der Waals surface area contributed by atoms with Gasteiger partial charge in [-0.2, -0.15) is 0 Å². The van der Waals surface area contributed by atoms with Crippen molar-refractivity contribution in [1.82, 2.24) is 4.98 Å². The highest BCUT2D eigenvalue weighted by molar-refractivity contribution is 6.31. The topological polar surface area (TPSA) is 33.1 Å². The monoisotopic (exact) mass is 221 g/mol. The van der Waals surface area contributed by atoms with Crippen LogP contribution in [0.2, 0.25) is 5.02 Å². The van der Waals surface area contributed by atoms with Crippen LogP contribution >= 0.6 is 11.6 Å². The summed E-state index contributed by atoms with van der Waals surface area (Å²) in [5.41, 5.74) is 3.75. The van der Waals surface area contributed by atoms with Gasteiger partial charge in [-0.3, -0.25) is 4.98 Å². The second-order valence-corrected chi connectivity index (χ2v) is 4.14. The molecule has 2 rings (SSSR count). The van der Waals surface area contributed by atoms with Gasteiger partial charge in [0, 0.05) is 16.1 Å². The van der Waals surface area contributed by atoms with E-state index in [1.165, 1.54) is 0 Å². The fourth-order valence-electron chi connectivity index (χ4n) is 1.80. The Morgan fingerprint density at radius 3 is 2.67 bits per heavy atom. The summed E-state index contributed by atoms with van der Waals surface area (Å²) in [6, 6.07) is 5.62. The van der Waals surface area contributed by atoms with Crippen LogP contribution in [0.15, 0.2) is 18.2 Å². The molecule has 0 amide bonds. The normalized spacial score (nSPS) is 10.9. The van der Waals surface area contributed by atoms with Gasteiger partial charge in [0.2, 0.25) is 0 Å². The summed E-state index contributed by atoms with van der Waals surface area (Å²) in [6.07, 6.45) is 0. The van der Waals surface area contributed by atoms with Crippen LogP contribution in [-0.4, -0.2) is 10.1 Å². The third-order valence-electron chi connectivity index (χ3n) is 2.45. The van der Waals surface area contributed by atoms with Crippen molar-refractivity contribution in [3.8, 4) is 0 Å². The zero-order chi connectivity index (χ0) is 11.0. The van der Waals surface area contributed by atoms with Gasteiger partial charge in [0.15, 0.2) is 0 Å². The Morgan fingerprint density at radius 1 is 1.27 bits per heavy atom. The van der Waals surface area contributed by atoms with E-state index in [0.717, 1.165) is 27.7 Å². The Bertz CT molecular complexity index is 523. The molecule has 78 valence electrons. The number of fused-ring (bicyclic) bond motifs is 1. The van der Waals surface area contributed by atoms with Crippen LogP contribution in [0.4, 0.5) is 0 Å². The second kappa shape index (κ2) is 3.80. The van der Waals surface area contributed by atoms with E-state index in [4.69, 9.17) is 11.6 Å². The summed E-state index contributed by atoms with van der Waals surface area (Å²) in [7, 11) is 0. The molecule has 0 radical (unpaired) electrons. The predicted molar refractivity (Wildman–Crippen MR) is 62.1 cm³/mol. The highest BCUT2D eigenvalue weighted by atomic mass is 35.5. The van der Waals surface area contributed by atoms with Crippen LogP contribution in [-0.2, 0) is 6.61 Å². The zero-order valence-corrected chi connectivity index (χ0v) is 9.47. The van der Waals surface area contributed by atoms with Crippen molar-refractivity contribution >= 4 is 22.5 Å². The molecule has 1 aromatic heterocycles. The lowest BCUT2D eigenvalue weighted by Gasteiger charge is -2.08. The molecular formula is C12H12ClNO. The number of hydrogen-bond acceptors (Lipinski definition) is 2. The van der Waals surface area contributed by atoms with E-state index in [0.29, 0.717) is 5.02 Å². The molecule has 0 spiro atoms. The Kier molecular flexibility index (Phi) is 2.63. The number of aliphatic hydroxyl groups excluding tert-OH is 1.